The molecule has 23 heavy (non-hydrogen) atoms. The molecule has 0 atom stereocenters. The molecule has 0 saturated heterocycles. The molecule has 0 nitrogen and oxygen atoms in total. The summed E-state index contributed by atoms with van der Waals surface area (Å²) in [7, 11) is 0. The molecule has 0 N–H and O–H groups in total. The predicted octanol–water partition coefficient (Wildman–Crippen LogP) is 6.00. The Balaban J connectivity index is 0.000000136. The zero-order valence-corrected chi connectivity index (χ0v) is 14.8. The summed E-state index contributed by atoms with van der Waals surface area (Å²) in [6.45, 7) is 4.43. The number of aryl methyl sites for hydroxylation is 5. The van der Waals surface area contributed by atoms with Crippen molar-refractivity contribution in [3.63, 3.8) is 0 Å². The monoisotopic (exact) mass is 306 g/mol. The van der Waals surface area contributed by atoms with E-state index in [1.807, 2.05) is 0 Å². The van der Waals surface area contributed by atoms with Crippen LogP contribution in [-0.4, -0.2) is 0 Å². The molecule has 0 aromatic heterocycles. The summed E-state index contributed by atoms with van der Waals surface area (Å²) >= 11 is 0. The fraction of sp³-hybridized carbons (Fsp3) is 0.478. The van der Waals surface area contributed by atoms with Crippen molar-refractivity contribution < 1.29 is 0 Å². The van der Waals surface area contributed by atoms with Crippen molar-refractivity contribution in [2.45, 2.75) is 71.6 Å². The molecule has 122 valence electrons. The summed E-state index contributed by atoms with van der Waals surface area (Å²) in [4.78, 5) is 0. The fourth-order valence-corrected chi connectivity index (χ4v) is 4.05. The summed E-state index contributed by atoms with van der Waals surface area (Å²) in [5.41, 5.74) is 9.43. The molecule has 0 amide bonds. The maximum Gasteiger partial charge on any atom is -0.0273 e. The lowest BCUT2D eigenvalue weighted by Crippen LogP contribution is -2.05. The summed E-state index contributed by atoms with van der Waals surface area (Å²) in [6, 6.07) is 13.7. The van der Waals surface area contributed by atoms with E-state index in [2.05, 4.69) is 50.2 Å². The number of fused-ring (bicyclic) bond motifs is 2. The lowest BCUT2D eigenvalue weighted by Gasteiger charge is -2.18. The minimum atomic E-state index is 1.20. The molecule has 0 bridgehead atoms. The van der Waals surface area contributed by atoms with Crippen molar-refractivity contribution in [3.8, 4) is 0 Å². The third-order valence-electron chi connectivity index (χ3n) is 5.38. The van der Waals surface area contributed by atoms with Crippen LogP contribution in [-0.2, 0) is 32.1 Å². The largest absolute Gasteiger partial charge is 0.0617 e. The highest BCUT2D eigenvalue weighted by Gasteiger charge is 2.11. The molecule has 0 heteroatoms. The molecule has 2 aliphatic rings. The van der Waals surface area contributed by atoms with Gasteiger partial charge in [-0.3, -0.25) is 0 Å². The lowest BCUT2D eigenvalue weighted by atomic mass is 9.87. The first kappa shape index (κ1) is 16.3. The van der Waals surface area contributed by atoms with E-state index in [1.54, 1.807) is 27.8 Å². The maximum absolute atomic E-state index is 2.34. The SMILES string of the molecule is CCc1cccc2c1CCCC2.Cc1ccc2c(c1)CCCC2. The Morgan fingerprint density at radius 2 is 1.43 bits per heavy atom. The van der Waals surface area contributed by atoms with Crippen LogP contribution in [0.2, 0.25) is 0 Å². The average Bonchev–Trinajstić information content (AvgIpc) is 2.61. The molecule has 0 saturated carbocycles. The second kappa shape index (κ2) is 7.81. The highest BCUT2D eigenvalue weighted by molar-refractivity contribution is 5.37. The van der Waals surface area contributed by atoms with Crippen molar-refractivity contribution in [1.29, 1.82) is 0 Å². The Morgan fingerprint density at radius 3 is 2.22 bits per heavy atom. The molecule has 4 rings (SSSR count). The molecule has 0 fully saturated rings. The molecule has 2 aliphatic carbocycles. The zero-order chi connectivity index (χ0) is 16.1. The number of rotatable bonds is 1. The van der Waals surface area contributed by atoms with E-state index in [4.69, 9.17) is 0 Å². The van der Waals surface area contributed by atoms with Crippen LogP contribution in [0.15, 0.2) is 36.4 Å². The van der Waals surface area contributed by atoms with Gasteiger partial charge in [0.1, 0.15) is 0 Å². The van der Waals surface area contributed by atoms with Crippen molar-refractivity contribution in [3.05, 3.63) is 69.8 Å². The number of hydrogen-bond acceptors (Lipinski definition) is 0. The number of benzene rings is 2. The topological polar surface area (TPSA) is 0 Å². The first-order chi connectivity index (χ1) is 11.3. The third kappa shape index (κ3) is 4.05. The van der Waals surface area contributed by atoms with Crippen LogP contribution in [0.25, 0.3) is 0 Å². The molecule has 0 spiro atoms. The van der Waals surface area contributed by atoms with Crippen LogP contribution in [0, 0.1) is 6.92 Å². The summed E-state index contributed by atoms with van der Waals surface area (Å²) < 4.78 is 0. The van der Waals surface area contributed by atoms with Gasteiger partial charge in [0.2, 0.25) is 0 Å². The van der Waals surface area contributed by atoms with Gasteiger partial charge in [-0.1, -0.05) is 48.9 Å². The van der Waals surface area contributed by atoms with Crippen molar-refractivity contribution in [2.75, 3.05) is 0 Å². The van der Waals surface area contributed by atoms with Crippen LogP contribution in [0.3, 0.4) is 0 Å². The highest BCUT2D eigenvalue weighted by atomic mass is 14.2. The first-order valence-corrected chi connectivity index (χ1v) is 9.46. The van der Waals surface area contributed by atoms with E-state index >= 15 is 0 Å². The zero-order valence-electron chi connectivity index (χ0n) is 14.8. The van der Waals surface area contributed by atoms with Gasteiger partial charge < -0.3 is 0 Å². The lowest BCUT2D eigenvalue weighted by molar-refractivity contribution is 0.679. The smallest absolute Gasteiger partial charge is 0.0273 e. The van der Waals surface area contributed by atoms with Crippen LogP contribution in [0.1, 0.15) is 66.0 Å². The van der Waals surface area contributed by atoms with Gasteiger partial charge in [0, 0.05) is 0 Å². The first-order valence-electron chi connectivity index (χ1n) is 9.46. The second-order valence-electron chi connectivity index (χ2n) is 7.09. The Hall–Kier alpha value is -1.56. The third-order valence-corrected chi connectivity index (χ3v) is 5.38. The average molecular weight is 306 g/mol. The summed E-state index contributed by atoms with van der Waals surface area (Å²) in [5.74, 6) is 0. The van der Waals surface area contributed by atoms with E-state index in [0.717, 1.165) is 0 Å². The van der Waals surface area contributed by atoms with E-state index in [-0.39, 0.29) is 0 Å². The van der Waals surface area contributed by atoms with Gasteiger partial charge in [-0.05, 0) is 92.5 Å². The Bertz CT molecular complexity index is 637. The van der Waals surface area contributed by atoms with Gasteiger partial charge in [0.05, 0.1) is 0 Å². The molecule has 0 aliphatic heterocycles. The van der Waals surface area contributed by atoms with Gasteiger partial charge in [0.15, 0.2) is 0 Å². The van der Waals surface area contributed by atoms with Gasteiger partial charge in [-0.25, -0.2) is 0 Å². The van der Waals surface area contributed by atoms with Gasteiger partial charge >= 0.3 is 0 Å². The summed E-state index contributed by atoms with van der Waals surface area (Å²) in [6.07, 6.45) is 12.0. The van der Waals surface area contributed by atoms with Crippen molar-refractivity contribution >= 4 is 0 Å². The molecule has 0 heterocycles. The van der Waals surface area contributed by atoms with Crippen molar-refractivity contribution in [1.82, 2.24) is 0 Å². The molecule has 2 aromatic rings. The Morgan fingerprint density at radius 1 is 0.739 bits per heavy atom. The van der Waals surface area contributed by atoms with Gasteiger partial charge in [0.25, 0.3) is 0 Å². The molecular weight excluding hydrogens is 276 g/mol. The van der Waals surface area contributed by atoms with E-state index in [1.165, 1.54) is 63.4 Å². The van der Waals surface area contributed by atoms with Crippen LogP contribution in [0.4, 0.5) is 0 Å². The Labute approximate surface area is 141 Å². The van der Waals surface area contributed by atoms with Crippen LogP contribution >= 0.6 is 0 Å². The minimum Gasteiger partial charge on any atom is -0.0617 e. The fourth-order valence-electron chi connectivity index (χ4n) is 4.05. The highest BCUT2D eigenvalue weighted by Crippen LogP contribution is 2.24. The maximum atomic E-state index is 2.34. The van der Waals surface area contributed by atoms with E-state index in [0.29, 0.717) is 0 Å². The molecule has 2 aromatic carbocycles. The van der Waals surface area contributed by atoms with E-state index < -0.39 is 0 Å². The second-order valence-corrected chi connectivity index (χ2v) is 7.09. The van der Waals surface area contributed by atoms with Crippen LogP contribution in [0.5, 0.6) is 0 Å². The van der Waals surface area contributed by atoms with Gasteiger partial charge in [-0.15, -0.1) is 0 Å². The minimum absolute atomic E-state index is 1.20. The Kier molecular flexibility index (Phi) is 5.54. The molecular formula is C23H30. The van der Waals surface area contributed by atoms with Gasteiger partial charge in [-0.2, -0.15) is 0 Å². The number of hydrogen-bond donors (Lipinski definition) is 0. The van der Waals surface area contributed by atoms with Crippen LogP contribution < -0.4 is 0 Å². The quantitative estimate of drug-likeness (QED) is 0.606. The van der Waals surface area contributed by atoms with Crippen molar-refractivity contribution in [2.24, 2.45) is 0 Å². The predicted molar refractivity (Wildman–Crippen MR) is 100 cm³/mol. The van der Waals surface area contributed by atoms with E-state index in [9.17, 15) is 0 Å². The molecule has 0 unspecified atom stereocenters. The summed E-state index contributed by atoms with van der Waals surface area (Å²) in [5, 5.41) is 0. The molecule has 0 radical (unpaired) electrons. The standard InChI is InChI=1S/C12H16.C11H14/c1-2-10-7-5-8-11-6-3-4-9-12(10)11;1-9-6-7-10-4-2-3-5-11(10)8-9/h5,7-8H,2-4,6,9H2,1H3;6-8H,2-5H2,1H3. The normalized spacial score (nSPS) is 15.9.